The van der Waals surface area contributed by atoms with Gasteiger partial charge in [0.15, 0.2) is 0 Å². The molecule has 120 valence electrons. The third-order valence-electron chi connectivity index (χ3n) is 3.29. The second-order valence-corrected chi connectivity index (χ2v) is 7.59. The molecule has 1 aromatic carbocycles. The van der Waals surface area contributed by atoms with Crippen molar-refractivity contribution in [3.63, 3.8) is 0 Å². The summed E-state index contributed by atoms with van der Waals surface area (Å²) >= 11 is 11.9. The van der Waals surface area contributed by atoms with Crippen LogP contribution in [0.25, 0.3) is 0 Å². The van der Waals surface area contributed by atoms with Gasteiger partial charge in [-0.1, -0.05) is 44.4 Å². The molecule has 0 N–H and O–H groups in total. The van der Waals surface area contributed by atoms with Gasteiger partial charge in [0.2, 0.25) is 10.0 Å². The van der Waals surface area contributed by atoms with Gasteiger partial charge in [-0.2, -0.15) is 4.31 Å². The predicted molar refractivity (Wildman–Crippen MR) is 89.6 cm³/mol. The molecule has 0 saturated heterocycles. The molecule has 0 amide bonds. The Morgan fingerprint density at radius 2 is 1.67 bits per heavy atom. The lowest BCUT2D eigenvalue weighted by molar-refractivity contribution is 0.395. The highest BCUT2D eigenvalue weighted by atomic mass is 35.5. The fraction of sp³-hybridized carbons (Fsp3) is 0.600. The van der Waals surface area contributed by atoms with E-state index in [0.29, 0.717) is 13.1 Å². The molecule has 0 radical (unpaired) electrons. The summed E-state index contributed by atoms with van der Waals surface area (Å²) in [4.78, 5) is 0.162. The van der Waals surface area contributed by atoms with E-state index in [0.717, 1.165) is 31.2 Å². The van der Waals surface area contributed by atoms with Gasteiger partial charge in [0, 0.05) is 19.0 Å². The third-order valence-corrected chi connectivity index (χ3v) is 5.98. The van der Waals surface area contributed by atoms with Crippen LogP contribution in [0, 0.1) is 0 Å². The summed E-state index contributed by atoms with van der Waals surface area (Å²) in [6.45, 7) is 5.15. The number of hydrogen-bond donors (Lipinski definition) is 0. The van der Waals surface area contributed by atoms with Crippen molar-refractivity contribution >= 4 is 33.2 Å². The van der Waals surface area contributed by atoms with E-state index in [2.05, 4.69) is 0 Å². The van der Waals surface area contributed by atoms with Gasteiger partial charge in [0.05, 0.1) is 5.02 Å². The van der Waals surface area contributed by atoms with Crippen LogP contribution in [-0.2, 0) is 15.9 Å². The molecule has 0 aromatic heterocycles. The largest absolute Gasteiger partial charge is 0.244 e. The maximum absolute atomic E-state index is 12.8. The van der Waals surface area contributed by atoms with E-state index in [1.54, 1.807) is 22.5 Å². The Kier molecular flexibility index (Phi) is 8.03. The number of nitrogens with zero attached hydrogens (tertiary/aromatic N) is 1. The van der Waals surface area contributed by atoms with Gasteiger partial charge in [-0.3, -0.25) is 0 Å². The number of unbranched alkanes of at least 4 members (excludes halogenated alkanes) is 2. The minimum Gasteiger partial charge on any atom is -0.207 e. The van der Waals surface area contributed by atoms with Crippen LogP contribution < -0.4 is 0 Å². The van der Waals surface area contributed by atoms with Crippen molar-refractivity contribution < 1.29 is 8.42 Å². The summed E-state index contributed by atoms with van der Waals surface area (Å²) in [6.07, 6.45) is 3.59. The number of benzene rings is 1. The molecular weight excluding hydrogens is 329 g/mol. The summed E-state index contributed by atoms with van der Waals surface area (Å²) < 4.78 is 27.2. The minimum atomic E-state index is -3.57. The van der Waals surface area contributed by atoms with E-state index < -0.39 is 10.0 Å². The molecule has 6 heteroatoms. The van der Waals surface area contributed by atoms with Crippen LogP contribution in [0.5, 0.6) is 0 Å². The molecule has 0 aliphatic rings. The molecule has 3 nitrogen and oxygen atoms in total. The Morgan fingerprint density at radius 1 is 1.10 bits per heavy atom. The Hall–Kier alpha value is -0.290. The maximum Gasteiger partial charge on any atom is 0.244 e. The lowest BCUT2D eigenvalue weighted by Crippen LogP contribution is -2.33. The monoisotopic (exact) mass is 351 g/mol. The average molecular weight is 352 g/mol. The van der Waals surface area contributed by atoms with Crippen molar-refractivity contribution in [3.8, 4) is 0 Å². The number of hydrogen-bond acceptors (Lipinski definition) is 2. The van der Waals surface area contributed by atoms with Crippen LogP contribution in [0.4, 0.5) is 0 Å². The summed E-state index contributed by atoms with van der Waals surface area (Å²) in [5.41, 5.74) is 0.755. The number of sulfonamides is 1. The van der Waals surface area contributed by atoms with Crippen molar-refractivity contribution in [3.05, 3.63) is 28.8 Å². The summed E-state index contributed by atoms with van der Waals surface area (Å²) in [5, 5.41) is 0.252. The van der Waals surface area contributed by atoms with Crippen LogP contribution in [-0.4, -0.2) is 25.8 Å². The van der Waals surface area contributed by atoms with Gasteiger partial charge in [0.1, 0.15) is 4.90 Å². The second kappa shape index (κ2) is 8.99. The van der Waals surface area contributed by atoms with Crippen LogP contribution in [0.15, 0.2) is 23.1 Å². The van der Waals surface area contributed by atoms with Crippen molar-refractivity contribution in [2.75, 3.05) is 13.1 Å². The van der Waals surface area contributed by atoms with Crippen LogP contribution >= 0.6 is 23.2 Å². The SMILES string of the molecule is CCCCN(CCCC)S(=O)(=O)c1cc(CCl)ccc1Cl. The Bertz CT molecular complexity index is 539. The molecule has 0 aliphatic heterocycles. The Balaban J connectivity index is 3.14. The topological polar surface area (TPSA) is 37.4 Å². The van der Waals surface area contributed by atoms with E-state index in [9.17, 15) is 8.42 Å². The summed E-state index contributed by atoms with van der Waals surface area (Å²) in [7, 11) is -3.57. The fourth-order valence-electron chi connectivity index (χ4n) is 1.99. The highest BCUT2D eigenvalue weighted by Gasteiger charge is 2.26. The number of rotatable bonds is 9. The van der Waals surface area contributed by atoms with Gasteiger partial charge in [-0.25, -0.2) is 8.42 Å². The zero-order valence-electron chi connectivity index (χ0n) is 12.6. The second-order valence-electron chi connectivity index (χ2n) is 5.01. The van der Waals surface area contributed by atoms with Crippen molar-refractivity contribution in [1.82, 2.24) is 4.31 Å². The van der Waals surface area contributed by atoms with Crippen LogP contribution in [0.1, 0.15) is 45.1 Å². The lowest BCUT2D eigenvalue weighted by Gasteiger charge is -2.22. The first-order chi connectivity index (χ1) is 9.97. The van der Waals surface area contributed by atoms with E-state index in [1.165, 1.54) is 0 Å². The van der Waals surface area contributed by atoms with Crippen molar-refractivity contribution in [2.24, 2.45) is 0 Å². The first-order valence-corrected chi connectivity index (χ1v) is 9.67. The Morgan fingerprint density at radius 3 is 2.14 bits per heavy atom. The highest BCUT2D eigenvalue weighted by molar-refractivity contribution is 7.89. The molecule has 1 rings (SSSR count). The van der Waals surface area contributed by atoms with E-state index >= 15 is 0 Å². The smallest absolute Gasteiger partial charge is 0.207 e. The normalized spacial score (nSPS) is 12.0. The predicted octanol–water partition coefficient (Wildman–Crippen LogP) is 4.67. The molecule has 21 heavy (non-hydrogen) atoms. The van der Waals surface area contributed by atoms with Gasteiger partial charge >= 0.3 is 0 Å². The summed E-state index contributed by atoms with van der Waals surface area (Å²) in [6, 6.07) is 4.93. The molecule has 0 heterocycles. The fourth-order valence-corrected chi connectivity index (χ4v) is 4.20. The molecule has 0 spiro atoms. The molecule has 0 bridgehead atoms. The standard InChI is InChI=1S/C15H23Cl2NO2S/c1-3-5-9-18(10-6-4-2)21(19,20)15-11-13(12-16)7-8-14(15)17/h7-8,11H,3-6,9-10,12H2,1-2H3. The van der Waals surface area contributed by atoms with E-state index in [4.69, 9.17) is 23.2 Å². The average Bonchev–Trinajstić information content (AvgIpc) is 2.47. The van der Waals surface area contributed by atoms with Crippen LogP contribution in [0.3, 0.4) is 0 Å². The van der Waals surface area contributed by atoms with Gasteiger partial charge < -0.3 is 0 Å². The number of halogens is 2. The molecule has 0 fully saturated rings. The minimum absolute atomic E-state index is 0.162. The highest BCUT2D eigenvalue weighted by Crippen LogP contribution is 2.27. The quantitative estimate of drug-likeness (QED) is 0.606. The van der Waals surface area contributed by atoms with Crippen molar-refractivity contribution in [2.45, 2.75) is 50.3 Å². The van der Waals surface area contributed by atoms with E-state index in [1.807, 2.05) is 13.8 Å². The molecular formula is C15H23Cl2NO2S. The zero-order chi connectivity index (χ0) is 15.9. The molecule has 1 aromatic rings. The Labute approximate surface area is 138 Å². The first kappa shape index (κ1) is 18.8. The molecule has 0 saturated carbocycles. The number of alkyl halides is 1. The zero-order valence-corrected chi connectivity index (χ0v) is 14.9. The van der Waals surface area contributed by atoms with Gasteiger partial charge in [0.25, 0.3) is 0 Å². The van der Waals surface area contributed by atoms with Gasteiger partial charge in [-0.15, -0.1) is 11.6 Å². The van der Waals surface area contributed by atoms with Gasteiger partial charge in [-0.05, 0) is 30.5 Å². The third kappa shape index (κ3) is 5.13. The molecule has 0 unspecified atom stereocenters. The lowest BCUT2D eigenvalue weighted by atomic mass is 10.2. The maximum atomic E-state index is 12.8. The van der Waals surface area contributed by atoms with E-state index in [-0.39, 0.29) is 15.8 Å². The van der Waals surface area contributed by atoms with Crippen LogP contribution in [0.2, 0.25) is 5.02 Å². The molecule has 0 atom stereocenters. The van der Waals surface area contributed by atoms with Crippen molar-refractivity contribution in [1.29, 1.82) is 0 Å². The first-order valence-electron chi connectivity index (χ1n) is 7.31. The summed E-state index contributed by atoms with van der Waals surface area (Å²) in [5.74, 6) is 0.267. The molecule has 0 aliphatic carbocycles.